The van der Waals surface area contributed by atoms with E-state index < -0.39 is 23.5 Å². The largest absolute Gasteiger partial charge is 0.491 e. The van der Waals surface area contributed by atoms with Gasteiger partial charge >= 0.3 is 5.97 Å². The number of fused-ring (bicyclic) bond motifs is 2. The van der Waals surface area contributed by atoms with E-state index in [-0.39, 0.29) is 46.6 Å². The number of aromatic nitrogens is 4. The van der Waals surface area contributed by atoms with Gasteiger partial charge in [0.05, 0.1) is 38.8 Å². The van der Waals surface area contributed by atoms with Crippen molar-refractivity contribution < 1.29 is 23.4 Å². The second kappa shape index (κ2) is 12.5. The van der Waals surface area contributed by atoms with E-state index >= 15 is 0 Å². The average Bonchev–Trinajstić information content (AvgIpc) is 3.46. The summed E-state index contributed by atoms with van der Waals surface area (Å²) in [6.07, 6.45) is -1.41. The third-order valence-corrected chi connectivity index (χ3v) is 9.02. The molecule has 0 fully saturated rings. The summed E-state index contributed by atoms with van der Waals surface area (Å²) in [5.74, 6) is -0.400. The number of aromatic carboxylic acids is 1. The first kappa shape index (κ1) is 31.7. The van der Waals surface area contributed by atoms with Crippen molar-refractivity contribution in [3.8, 4) is 34.1 Å². The van der Waals surface area contributed by atoms with Gasteiger partial charge in [-0.25, -0.2) is 18.6 Å². The second-order valence-corrected chi connectivity index (χ2v) is 12.0. The molecule has 0 saturated heterocycles. The molecule has 47 heavy (non-hydrogen) atoms. The number of carboxylic acid groups (broad SMARTS) is 1. The highest BCUT2D eigenvalue weighted by Crippen LogP contribution is 2.41. The zero-order valence-corrected chi connectivity index (χ0v) is 26.7. The van der Waals surface area contributed by atoms with Crippen LogP contribution in [0, 0.1) is 32.1 Å². The highest BCUT2D eigenvalue weighted by atomic mass is 35.5. The summed E-state index contributed by atoms with van der Waals surface area (Å²) in [5.41, 5.74) is 1.89. The van der Waals surface area contributed by atoms with E-state index in [2.05, 4.69) is 15.0 Å². The first-order chi connectivity index (χ1) is 22.5. The topological polar surface area (TPSA) is 131 Å². The van der Waals surface area contributed by atoms with Crippen LogP contribution in [-0.2, 0) is 6.54 Å². The lowest BCUT2D eigenvalue weighted by Crippen LogP contribution is -2.27. The summed E-state index contributed by atoms with van der Waals surface area (Å²) in [5, 5.41) is 21.8. The van der Waals surface area contributed by atoms with Crippen molar-refractivity contribution >= 4 is 50.0 Å². The number of rotatable bonds is 8. The number of halogens is 3. The molecule has 4 heterocycles. The molecule has 0 atom stereocenters. The average molecular weight is 672 g/mol. The molecule has 0 bridgehead atoms. The Morgan fingerprint density at radius 1 is 1.13 bits per heavy atom. The van der Waals surface area contributed by atoms with Gasteiger partial charge in [-0.05, 0) is 57.2 Å². The van der Waals surface area contributed by atoms with Crippen LogP contribution in [0.25, 0.3) is 43.4 Å². The van der Waals surface area contributed by atoms with Gasteiger partial charge < -0.3 is 9.84 Å². The number of nitrogens with zero attached hydrogens (tertiary/aromatic N) is 5. The number of alkyl halides is 2. The number of hydrogen-bond acceptors (Lipinski definition) is 8. The Bertz CT molecular complexity index is 2350. The third-order valence-electron chi connectivity index (χ3n) is 7.78. The van der Waals surface area contributed by atoms with Gasteiger partial charge in [0.25, 0.3) is 12.0 Å². The molecule has 2 aromatic carbocycles. The van der Waals surface area contributed by atoms with Gasteiger partial charge in [0, 0.05) is 55.8 Å². The Morgan fingerprint density at radius 3 is 2.62 bits per heavy atom. The van der Waals surface area contributed by atoms with Gasteiger partial charge in [0.1, 0.15) is 24.3 Å². The van der Waals surface area contributed by atoms with E-state index in [1.54, 1.807) is 51.1 Å². The van der Waals surface area contributed by atoms with Crippen molar-refractivity contribution in [3.05, 3.63) is 103 Å². The van der Waals surface area contributed by atoms with E-state index in [0.717, 1.165) is 6.07 Å². The number of nitriles is 1. The molecule has 236 valence electrons. The summed E-state index contributed by atoms with van der Waals surface area (Å²) in [6.45, 7) is 5.00. The zero-order chi connectivity index (χ0) is 33.6. The van der Waals surface area contributed by atoms with Crippen LogP contribution in [0.4, 0.5) is 8.78 Å². The van der Waals surface area contributed by atoms with Crippen LogP contribution in [0.1, 0.15) is 45.1 Å². The van der Waals surface area contributed by atoms with Crippen LogP contribution >= 0.6 is 22.9 Å². The number of benzene rings is 2. The Hall–Kier alpha value is -5.25. The van der Waals surface area contributed by atoms with Crippen LogP contribution in [0.3, 0.4) is 0 Å². The van der Waals surface area contributed by atoms with Crippen molar-refractivity contribution in [1.82, 2.24) is 19.5 Å². The summed E-state index contributed by atoms with van der Waals surface area (Å²) < 4.78 is 36.8. The normalized spacial score (nSPS) is 11.4. The maximum absolute atomic E-state index is 14.3. The fourth-order valence-corrected chi connectivity index (χ4v) is 6.85. The minimum absolute atomic E-state index is 0.00412. The van der Waals surface area contributed by atoms with Gasteiger partial charge in [-0.3, -0.25) is 19.3 Å². The Balaban J connectivity index is 1.41. The Kier molecular flexibility index (Phi) is 8.44. The van der Waals surface area contributed by atoms with Crippen LogP contribution in [0.15, 0.2) is 58.8 Å². The molecule has 0 saturated carbocycles. The quantitative estimate of drug-likeness (QED) is 0.173. The number of aryl methyl sites for hydroxylation is 3. The molecule has 0 spiro atoms. The molecule has 13 heteroatoms. The van der Waals surface area contributed by atoms with E-state index in [4.69, 9.17) is 16.3 Å². The van der Waals surface area contributed by atoms with E-state index in [1.807, 2.05) is 12.1 Å². The lowest BCUT2D eigenvalue weighted by Gasteiger charge is -2.18. The summed E-state index contributed by atoms with van der Waals surface area (Å²) in [7, 11) is 0. The van der Waals surface area contributed by atoms with E-state index in [0.29, 0.717) is 49.1 Å². The van der Waals surface area contributed by atoms with Crippen molar-refractivity contribution in [3.63, 3.8) is 0 Å². The van der Waals surface area contributed by atoms with E-state index in [1.165, 1.54) is 27.5 Å². The van der Waals surface area contributed by atoms with Crippen LogP contribution in [0.5, 0.6) is 5.75 Å². The Morgan fingerprint density at radius 2 is 1.91 bits per heavy atom. The minimum atomic E-state index is -2.93. The molecular formula is C34H24ClF2N5O4S. The second-order valence-electron chi connectivity index (χ2n) is 10.7. The van der Waals surface area contributed by atoms with Crippen LogP contribution < -0.4 is 10.3 Å². The Labute approximate surface area is 275 Å². The molecule has 6 rings (SSSR count). The zero-order valence-electron chi connectivity index (χ0n) is 25.1. The fraction of sp³-hybridized carbons (Fsp3) is 0.176. The number of pyridine rings is 2. The molecule has 9 nitrogen and oxygen atoms in total. The lowest BCUT2D eigenvalue weighted by atomic mass is 9.91. The van der Waals surface area contributed by atoms with E-state index in [9.17, 15) is 28.7 Å². The molecule has 0 amide bonds. The van der Waals surface area contributed by atoms with Crippen LogP contribution in [0.2, 0.25) is 5.02 Å². The molecule has 0 radical (unpaired) electrons. The number of carbonyl (C=O) groups is 1. The fourth-order valence-electron chi connectivity index (χ4n) is 5.67. The van der Waals surface area contributed by atoms with Crippen molar-refractivity contribution in [2.24, 2.45) is 0 Å². The van der Waals surface area contributed by atoms with Gasteiger partial charge in [-0.1, -0.05) is 17.7 Å². The molecule has 0 aliphatic carbocycles. The molecular weight excluding hydrogens is 648 g/mol. The number of hydrogen-bond donors (Lipinski definition) is 1. The van der Waals surface area contributed by atoms with Gasteiger partial charge in [-0.15, -0.1) is 11.3 Å². The predicted molar refractivity (Wildman–Crippen MR) is 176 cm³/mol. The molecule has 1 N–H and O–H groups in total. The number of thiophene rings is 1. The van der Waals surface area contributed by atoms with Crippen molar-refractivity contribution in [2.75, 3.05) is 6.61 Å². The first-order valence-electron chi connectivity index (χ1n) is 14.2. The maximum atomic E-state index is 14.3. The van der Waals surface area contributed by atoms with Gasteiger partial charge in [0.15, 0.2) is 0 Å². The lowest BCUT2D eigenvalue weighted by molar-refractivity contribution is 0.0699. The predicted octanol–water partition coefficient (Wildman–Crippen LogP) is 7.90. The van der Waals surface area contributed by atoms with Gasteiger partial charge in [0.2, 0.25) is 0 Å². The van der Waals surface area contributed by atoms with Crippen molar-refractivity contribution in [2.45, 2.75) is 33.7 Å². The third kappa shape index (κ3) is 5.68. The number of ether oxygens (including phenoxy) is 1. The first-order valence-corrected chi connectivity index (χ1v) is 15.5. The molecule has 0 unspecified atom stereocenters. The monoisotopic (exact) mass is 671 g/mol. The number of carboxylic acids is 1. The maximum Gasteiger partial charge on any atom is 0.338 e. The van der Waals surface area contributed by atoms with Crippen LogP contribution in [-0.4, -0.2) is 37.2 Å². The highest BCUT2D eigenvalue weighted by molar-refractivity contribution is 7.18. The summed E-state index contributed by atoms with van der Waals surface area (Å²) >= 11 is 7.62. The van der Waals surface area contributed by atoms with Gasteiger partial charge in [-0.2, -0.15) is 5.26 Å². The summed E-state index contributed by atoms with van der Waals surface area (Å²) in [6, 6.07) is 13.2. The highest BCUT2D eigenvalue weighted by Gasteiger charge is 2.26. The standard InChI is InChI=1S/C34H24ClF2N5O4S/c1-16-11-22(31-30(40-16)25(15-47-31)34(44)45)21-12-19(35)6-7-27(21)46-10-9-42-18(3)41-26-13-23(32(36)37)28(20-5-4-8-39-17(20)2)24(14-38)29(26)33(42)43/h4-8,11-13,15,32H,9-10H2,1-3H3,(H,44,45). The smallest absolute Gasteiger partial charge is 0.338 e. The molecule has 0 aliphatic heterocycles. The van der Waals surface area contributed by atoms with Crippen molar-refractivity contribution in [1.29, 1.82) is 5.26 Å². The summed E-state index contributed by atoms with van der Waals surface area (Å²) in [4.78, 5) is 38.8. The molecule has 6 aromatic rings. The molecule has 0 aliphatic rings. The SMILES string of the molecule is Cc1cc(-c2cc(Cl)ccc2OCCn2c(C)nc3cc(C(F)F)c(-c4cccnc4C)c(C#N)c3c2=O)c2scc(C(=O)O)c2n1. The minimum Gasteiger partial charge on any atom is -0.491 e. The molecule has 4 aromatic heterocycles.